The number of phenols is 1. The molecule has 0 spiro atoms. The maximum Gasteiger partial charge on any atom is 0.269 e. The highest BCUT2D eigenvalue weighted by Gasteiger charge is 2.09. The number of nitrogens with one attached hydrogen (secondary N) is 2. The molecule has 0 aromatic heterocycles. The number of carbonyl (C=O) groups excluding carboxylic acids is 2. The fraction of sp³-hybridized carbons (Fsp3) is 0.263. The largest absolute Gasteiger partial charge is 0.508 e. The molecular weight excluding hydrogens is 320 g/mol. The lowest BCUT2D eigenvalue weighted by Crippen LogP contribution is -2.42. The van der Waals surface area contributed by atoms with E-state index in [0.717, 1.165) is 0 Å². The van der Waals surface area contributed by atoms with Crippen LogP contribution in [0.5, 0.6) is 11.5 Å². The minimum absolute atomic E-state index is 0.0493. The average Bonchev–Trinajstić information content (AvgIpc) is 2.62. The quantitative estimate of drug-likeness (QED) is 0.728. The second-order valence-electron chi connectivity index (χ2n) is 4.81. The van der Waals surface area contributed by atoms with Gasteiger partial charge in [-0.25, -0.2) is 0 Å². The Morgan fingerprint density at radius 1 is 1.04 bits per heavy atom. The molecule has 0 radical (unpaired) electrons. The Bertz CT molecular complexity index is 701. The van der Waals surface area contributed by atoms with Gasteiger partial charge in [-0.2, -0.15) is 0 Å². The number of carbonyl (C=O) groups is 2. The van der Waals surface area contributed by atoms with Gasteiger partial charge in [-0.3, -0.25) is 20.4 Å². The molecule has 0 atom stereocenters. The summed E-state index contributed by atoms with van der Waals surface area (Å²) in [5.74, 6) is -0.140. The van der Waals surface area contributed by atoms with Crippen molar-refractivity contribution in [1.82, 2.24) is 10.9 Å². The van der Waals surface area contributed by atoms with Gasteiger partial charge in [-0.05, 0) is 42.8 Å². The van der Waals surface area contributed by atoms with Crippen molar-refractivity contribution < 1.29 is 19.4 Å². The zero-order chi connectivity index (χ0) is 18.7. The van der Waals surface area contributed by atoms with E-state index in [9.17, 15) is 14.7 Å². The molecule has 0 bridgehead atoms. The normalized spacial score (nSPS) is 9.40. The van der Waals surface area contributed by atoms with Crippen molar-refractivity contribution in [2.75, 3.05) is 6.61 Å². The Hall–Kier alpha value is -3.02. The highest BCUT2D eigenvalue weighted by atomic mass is 16.5. The Labute approximate surface area is 147 Å². The van der Waals surface area contributed by atoms with Crippen LogP contribution in [-0.2, 0) is 11.2 Å². The lowest BCUT2D eigenvalue weighted by Gasteiger charge is -2.09. The van der Waals surface area contributed by atoms with Gasteiger partial charge in [-0.15, -0.1) is 0 Å². The predicted octanol–water partition coefficient (Wildman–Crippen LogP) is 2.82. The molecule has 6 heteroatoms. The van der Waals surface area contributed by atoms with Crippen LogP contribution in [0.1, 0.15) is 36.7 Å². The highest BCUT2D eigenvalue weighted by molar-refractivity contribution is 5.95. The van der Waals surface area contributed by atoms with Gasteiger partial charge >= 0.3 is 0 Å². The Morgan fingerprint density at radius 2 is 1.76 bits per heavy atom. The maximum absolute atomic E-state index is 12.0. The van der Waals surface area contributed by atoms with Crippen molar-refractivity contribution in [1.29, 1.82) is 0 Å². The van der Waals surface area contributed by atoms with E-state index in [1.807, 2.05) is 20.8 Å². The Balaban J connectivity index is 0.00000151. The van der Waals surface area contributed by atoms with Gasteiger partial charge in [0.2, 0.25) is 5.91 Å². The molecule has 0 saturated carbocycles. The third-order valence-corrected chi connectivity index (χ3v) is 3.00. The van der Waals surface area contributed by atoms with Crippen molar-refractivity contribution in [2.24, 2.45) is 0 Å². The average molecular weight is 344 g/mol. The van der Waals surface area contributed by atoms with Crippen molar-refractivity contribution in [3.8, 4) is 11.5 Å². The fourth-order valence-corrected chi connectivity index (χ4v) is 1.99. The van der Waals surface area contributed by atoms with Crippen LogP contribution in [-0.4, -0.2) is 23.5 Å². The van der Waals surface area contributed by atoms with Gasteiger partial charge in [0.15, 0.2) is 0 Å². The van der Waals surface area contributed by atoms with Crippen LogP contribution in [0.25, 0.3) is 0 Å². The number of hydrazine groups is 1. The topological polar surface area (TPSA) is 87.7 Å². The van der Waals surface area contributed by atoms with E-state index in [0.29, 0.717) is 23.5 Å². The molecule has 2 aromatic rings. The molecule has 0 aliphatic heterocycles. The highest BCUT2D eigenvalue weighted by Crippen LogP contribution is 2.13. The van der Waals surface area contributed by atoms with Crippen molar-refractivity contribution in [3.63, 3.8) is 0 Å². The summed E-state index contributed by atoms with van der Waals surface area (Å²) < 4.78 is 5.32. The summed E-state index contributed by atoms with van der Waals surface area (Å²) >= 11 is 0. The monoisotopic (exact) mass is 344 g/mol. The first-order valence-corrected chi connectivity index (χ1v) is 8.18. The van der Waals surface area contributed by atoms with E-state index in [2.05, 4.69) is 10.9 Å². The molecule has 134 valence electrons. The summed E-state index contributed by atoms with van der Waals surface area (Å²) in [5.41, 5.74) is 5.72. The molecule has 2 amide bonds. The second kappa shape index (κ2) is 10.7. The first kappa shape index (κ1) is 20.0. The smallest absolute Gasteiger partial charge is 0.269 e. The zero-order valence-corrected chi connectivity index (χ0v) is 14.7. The molecule has 2 aromatic carbocycles. The number of aromatic hydroxyl groups is 1. The van der Waals surface area contributed by atoms with Crippen LogP contribution < -0.4 is 15.6 Å². The Kier molecular flexibility index (Phi) is 8.57. The minimum Gasteiger partial charge on any atom is -0.508 e. The van der Waals surface area contributed by atoms with Crippen molar-refractivity contribution in [3.05, 3.63) is 59.7 Å². The second-order valence-corrected chi connectivity index (χ2v) is 4.81. The van der Waals surface area contributed by atoms with E-state index >= 15 is 0 Å². The van der Waals surface area contributed by atoms with Gasteiger partial charge in [-0.1, -0.05) is 32.0 Å². The van der Waals surface area contributed by atoms with Crippen LogP contribution in [0, 0.1) is 0 Å². The van der Waals surface area contributed by atoms with Crippen LogP contribution in [0.4, 0.5) is 0 Å². The summed E-state index contributed by atoms with van der Waals surface area (Å²) in [4.78, 5) is 23.8. The summed E-state index contributed by atoms with van der Waals surface area (Å²) in [7, 11) is 0. The number of amides is 2. The molecule has 3 N–H and O–H groups in total. The summed E-state index contributed by atoms with van der Waals surface area (Å²) in [6, 6.07) is 13.1. The first-order valence-electron chi connectivity index (χ1n) is 8.18. The molecule has 0 fully saturated rings. The van der Waals surface area contributed by atoms with Crippen LogP contribution in [0.3, 0.4) is 0 Å². The third kappa shape index (κ3) is 6.95. The summed E-state index contributed by atoms with van der Waals surface area (Å²) in [6.07, 6.45) is 0.0493. The standard InChI is InChI=1S/C17H18N2O4.C2H6/c1-2-23-15-8-4-6-13(11-15)17(22)19-18-16(21)10-12-5-3-7-14(20)9-12;1-2/h3-9,11,20H,2,10H2,1H3,(H,18,21)(H,19,22);1-2H3. The number of rotatable bonds is 5. The lowest BCUT2D eigenvalue weighted by atomic mass is 10.1. The minimum atomic E-state index is -0.434. The van der Waals surface area contributed by atoms with Crippen LogP contribution in [0.2, 0.25) is 0 Å². The van der Waals surface area contributed by atoms with Gasteiger partial charge in [0.05, 0.1) is 13.0 Å². The molecule has 2 rings (SSSR count). The summed E-state index contributed by atoms with van der Waals surface area (Å²) in [6.45, 7) is 6.36. The molecule has 25 heavy (non-hydrogen) atoms. The number of hydrogen-bond donors (Lipinski definition) is 3. The molecular formula is C19H24N2O4. The van der Waals surface area contributed by atoms with Gasteiger partial charge < -0.3 is 9.84 Å². The van der Waals surface area contributed by atoms with Crippen molar-refractivity contribution >= 4 is 11.8 Å². The maximum atomic E-state index is 12.0. The van der Waals surface area contributed by atoms with Gasteiger partial charge in [0, 0.05) is 5.56 Å². The molecule has 0 heterocycles. The van der Waals surface area contributed by atoms with Crippen LogP contribution in [0.15, 0.2) is 48.5 Å². The van der Waals surface area contributed by atoms with E-state index in [-0.39, 0.29) is 18.1 Å². The third-order valence-electron chi connectivity index (χ3n) is 3.00. The SMILES string of the molecule is CC.CCOc1cccc(C(=O)NNC(=O)Cc2cccc(O)c2)c1. The van der Waals surface area contributed by atoms with Gasteiger partial charge in [0.25, 0.3) is 5.91 Å². The first-order chi connectivity index (χ1) is 12.1. The van der Waals surface area contributed by atoms with E-state index in [1.54, 1.807) is 36.4 Å². The predicted molar refractivity (Wildman–Crippen MR) is 96.4 cm³/mol. The van der Waals surface area contributed by atoms with Crippen LogP contribution >= 0.6 is 0 Å². The fourth-order valence-electron chi connectivity index (χ4n) is 1.99. The molecule has 0 saturated heterocycles. The summed E-state index contributed by atoms with van der Waals surface area (Å²) in [5, 5.41) is 9.35. The number of benzene rings is 2. The molecule has 0 aliphatic carbocycles. The number of ether oxygens (including phenoxy) is 1. The molecule has 0 aliphatic rings. The van der Waals surface area contributed by atoms with Gasteiger partial charge in [0.1, 0.15) is 11.5 Å². The number of hydrogen-bond acceptors (Lipinski definition) is 4. The zero-order valence-electron chi connectivity index (χ0n) is 14.7. The van der Waals surface area contributed by atoms with E-state index < -0.39 is 5.91 Å². The number of phenolic OH excluding ortho intramolecular Hbond substituents is 1. The van der Waals surface area contributed by atoms with E-state index in [1.165, 1.54) is 12.1 Å². The van der Waals surface area contributed by atoms with Crippen molar-refractivity contribution in [2.45, 2.75) is 27.2 Å². The molecule has 0 unspecified atom stereocenters. The lowest BCUT2D eigenvalue weighted by molar-refractivity contribution is -0.121. The Morgan fingerprint density at radius 3 is 2.44 bits per heavy atom. The van der Waals surface area contributed by atoms with E-state index in [4.69, 9.17) is 4.74 Å². The molecule has 6 nitrogen and oxygen atoms in total.